The minimum Gasteiger partial charge on any atom is -0.335 e. The lowest BCUT2D eigenvalue weighted by atomic mass is 10.1. The number of rotatable bonds is 4. The molecule has 0 unspecified atom stereocenters. The quantitative estimate of drug-likeness (QED) is 0.800. The minimum absolute atomic E-state index is 0.0943. The Bertz CT molecular complexity index is 641. The van der Waals surface area contributed by atoms with Crippen LogP contribution in [0, 0.1) is 11.3 Å². The standard InChI is InChI=1S/C20H25N3O/c21-15-18-7-4-6-17(14-18)9-10-20(24)23-13-5-8-19(23)16-22-11-2-1-3-12-22/h4,6-7,9-10,14,19H,1-3,5,8,11-13,16H2/b10-9+/t19-/m0/s1. The van der Waals surface area contributed by atoms with Crippen molar-refractivity contribution in [2.75, 3.05) is 26.2 Å². The Labute approximate surface area is 144 Å². The van der Waals surface area contributed by atoms with Gasteiger partial charge in [0.1, 0.15) is 0 Å². The Morgan fingerprint density at radius 1 is 1.21 bits per heavy atom. The van der Waals surface area contributed by atoms with Crippen molar-refractivity contribution in [1.29, 1.82) is 5.26 Å². The average molecular weight is 323 g/mol. The molecule has 1 aromatic rings. The van der Waals surface area contributed by atoms with Crippen molar-refractivity contribution >= 4 is 12.0 Å². The number of piperidine rings is 1. The molecule has 126 valence electrons. The Balaban J connectivity index is 1.60. The third kappa shape index (κ3) is 4.24. The van der Waals surface area contributed by atoms with E-state index >= 15 is 0 Å². The molecule has 3 rings (SSSR count). The van der Waals surface area contributed by atoms with E-state index in [2.05, 4.69) is 11.0 Å². The van der Waals surface area contributed by atoms with E-state index in [1.807, 2.05) is 23.1 Å². The molecule has 2 saturated heterocycles. The number of benzene rings is 1. The molecular formula is C20H25N3O. The van der Waals surface area contributed by atoms with Crippen molar-refractivity contribution < 1.29 is 4.79 Å². The Kier molecular flexibility index (Phi) is 5.66. The SMILES string of the molecule is N#Cc1cccc(/C=C/C(=O)N2CCC[C@H]2CN2CCCCC2)c1. The maximum absolute atomic E-state index is 12.6. The fourth-order valence-electron chi connectivity index (χ4n) is 3.73. The van der Waals surface area contributed by atoms with Gasteiger partial charge >= 0.3 is 0 Å². The van der Waals surface area contributed by atoms with Gasteiger partial charge in [-0.3, -0.25) is 4.79 Å². The lowest BCUT2D eigenvalue weighted by molar-refractivity contribution is -0.127. The van der Waals surface area contributed by atoms with Crippen LogP contribution in [0.5, 0.6) is 0 Å². The number of carbonyl (C=O) groups is 1. The van der Waals surface area contributed by atoms with Gasteiger partial charge < -0.3 is 9.80 Å². The summed E-state index contributed by atoms with van der Waals surface area (Å²) in [4.78, 5) is 17.1. The molecule has 0 bridgehead atoms. The van der Waals surface area contributed by atoms with E-state index in [1.54, 1.807) is 18.2 Å². The van der Waals surface area contributed by atoms with Crippen LogP contribution in [0.2, 0.25) is 0 Å². The van der Waals surface area contributed by atoms with Crippen LogP contribution >= 0.6 is 0 Å². The molecule has 1 atom stereocenters. The summed E-state index contributed by atoms with van der Waals surface area (Å²) in [6, 6.07) is 9.82. The topological polar surface area (TPSA) is 47.3 Å². The summed E-state index contributed by atoms with van der Waals surface area (Å²) in [7, 11) is 0. The summed E-state index contributed by atoms with van der Waals surface area (Å²) in [5.41, 5.74) is 1.52. The smallest absolute Gasteiger partial charge is 0.246 e. The van der Waals surface area contributed by atoms with Crippen molar-refractivity contribution in [2.45, 2.75) is 38.1 Å². The maximum Gasteiger partial charge on any atom is 0.246 e. The van der Waals surface area contributed by atoms with Crippen LogP contribution < -0.4 is 0 Å². The number of amides is 1. The number of nitriles is 1. The highest BCUT2D eigenvalue weighted by atomic mass is 16.2. The second-order valence-corrected chi connectivity index (χ2v) is 6.76. The fourth-order valence-corrected chi connectivity index (χ4v) is 3.73. The summed E-state index contributed by atoms with van der Waals surface area (Å²) in [5.74, 6) is 0.0943. The van der Waals surface area contributed by atoms with E-state index in [1.165, 1.54) is 32.4 Å². The highest BCUT2D eigenvalue weighted by molar-refractivity contribution is 5.92. The number of carbonyl (C=O) groups excluding carboxylic acids is 1. The number of likely N-dealkylation sites (tertiary alicyclic amines) is 2. The van der Waals surface area contributed by atoms with Gasteiger partial charge in [-0.2, -0.15) is 5.26 Å². The monoisotopic (exact) mass is 323 g/mol. The van der Waals surface area contributed by atoms with Crippen molar-refractivity contribution in [1.82, 2.24) is 9.80 Å². The first-order valence-electron chi connectivity index (χ1n) is 8.97. The average Bonchev–Trinajstić information content (AvgIpc) is 3.09. The molecule has 4 heteroatoms. The van der Waals surface area contributed by atoms with E-state index in [4.69, 9.17) is 5.26 Å². The van der Waals surface area contributed by atoms with Crippen LogP contribution in [0.3, 0.4) is 0 Å². The molecule has 1 amide bonds. The molecule has 0 aliphatic carbocycles. The highest BCUT2D eigenvalue weighted by Gasteiger charge is 2.29. The summed E-state index contributed by atoms with van der Waals surface area (Å²) in [6.07, 6.45) is 9.60. The largest absolute Gasteiger partial charge is 0.335 e. The summed E-state index contributed by atoms with van der Waals surface area (Å²) in [5, 5.41) is 8.95. The van der Waals surface area contributed by atoms with Gasteiger partial charge in [-0.1, -0.05) is 18.6 Å². The molecule has 0 saturated carbocycles. The molecule has 0 radical (unpaired) electrons. The van der Waals surface area contributed by atoms with Crippen LogP contribution in [-0.4, -0.2) is 47.9 Å². The van der Waals surface area contributed by atoms with Gasteiger partial charge in [-0.15, -0.1) is 0 Å². The van der Waals surface area contributed by atoms with E-state index in [0.717, 1.165) is 31.5 Å². The Morgan fingerprint density at radius 2 is 2.04 bits per heavy atom. The normalized spacial score (nSPS) is 22.0. The third-order valence-corrected chi connectivity index (χ3v) is 5.01. The van der Waals surface area contributed by atoms with Crippen LogP contribution in [-0.2, 0) is 4.79 Å². The van der Waals surface area contributed by atoms with E-state index in [0.29, 0.717) is 11.6 Å². The Hall–Kier alpha value is -2.12. The number of hydrogen-bond acceptors (Lipinski definition) is 3. The number of hydrogen-bond donors (Lipinski definition) is 0. The van der Waals surface area contributed by atoms with Crippen molar-refractivity contribution in [3.8, 4) is 6.07 Å². The van der Waals surface area contributed by atoms with Gasteiger partial charge in [0.15, 0.2) is 0 Å². The first-order valence-corrected chi connectivity index (χ1v) is 8.97. The molecule has 24 heavy (non-hydrogen) atoms. The van der Waals surface area contributed by atoms with Gasteiger partial charge in [-0.05, 0) is 62.5 Å². The van der Waals surface area contributed by atoms with Crippen LogP contribution in [0.4, 0.5) is 0 Å². The van der Waals surface area contributed by atoms with Crippen LogP contribution in [0.1, 0.15) is 43.2 Å². The third-order valence-electron chi connectivity index (χ3n) is 5.01. The lowest BCUT2D eigenvalue weighted by Crippen LogP contribution is -2.44. The molecule has 2 heterocycles. The van der Waals surface area contributed by atoms with Crippen molar-refractivity contribution in [3.63, 3.8) is 0 Å². The van der Waals surface area contributed by atoms with E-state index < -0.39 is 0 Å². The minimum atomic E-state index is 0.0943. The summed E-state index contributed by atoms with van der Waals surface area (Å²) < 4.78 is 0. The van der Waals surface area contributed by atoms with Crippen molar-refractivity contribution in [2.24, 2.45) is 0 Å². The molecular weight excluding hydrogens is 298 g/mol. The second kappa shape index (κ2) is 8.12. The molecule has 0 spiro atoms. The number of nitrogens with zero attached hydrogens (tertiary/aromatic N) is 3. The fraction of sp³-hybridized carbons (Fsp3) is 0.500. The van der Waals surface area contributed by atoms with Crippen molar-refractivity contribution in [3.05, 3.63) is 41.5 Å². The maximum atomic E-state index is 12.6. The predicted octanol–water partition coefficient (Wildman–Crippen LogP) is 3.05. The molecule has 4 nitrogen and oxygen atoms in total. The van der Waals surface area contributed by atoms with Gasteiger partial charge in [0.25, 0.3) is 0 Å². The molecule has 1 aromatic carbocycles. The zero-order valence-electron chi connectivity index (χ0n) is 14.2. The predicted molar refractivity (Wildman–Crippen MR) is 95.2 cm³/mol. The van der Waals surface area contributed by atoms with Crippen LogP contribution in [0.15, 0.2) is 30.3 Å². The first kappa shape index (κ1) is 16.7. The highest BCUT2D eigenvalue weighted by Crippen LogP contribution is 2.21. The molecule has 2 aliphatic heterocycles. The van der Waals surface area contributed by atoms with Gasteiger partial charge in [0.05, 0.1) is 11.6 Å². The molecule has 0 N–H and O–H groups in total. The van der Waals surface area contributed by atoms with Gasteiger partial charge in [-0.25, -0.2) is 0 Å². The second-order valence-electron chi connectivity index (χ2n) is 6.76. The Morgan fingerprint density at radius 3 is 2.83 bits per heavy atom. The van der Waals surface area contributed by atoms with Gasteiger partial charge in [0.2, 0.25) is 5.91 Å². The summed E-state index contributed by atoms with van der Waals surface area (Å²) >= 11 is 0. The lowest BCUT2D eigenvalue weighted by Gasteiger charge is -2.32. The zero-order chi connectivity index (χ0) is 16.8. The summed E-state index contributed by atoms with van der Waals surface area (Å²) in [6.45, 7) is 4.23. The van der Waals surface area contributed by atoms with E-state index in [9.17, 15) is 4.79 Å². The zero-order valence-corrected chi connectivity index (χ0v) is 14.2. The first-order chi connectivity index (χ1) is 11.8. The molecule has 2 fully saturated rings. The van der Waals surface area contributed by atoms with Gasteiger partial charge in [0, 0.05) is 25.2 Å². The van der Waals surface area contributed by atoms with E-state index in [-0.39, 0.29) is 5.91 Å². The molecule has 0 aromatic heterocycles. The van der Waals surface area contributed by atoms with Crippen LogP contribution in [0.25, 0.3) is 6.08 Å². The molecule has 2 aliphatic rings.